The van der Waals surface area contributed by atoms with Crippen molar-refractivity contribution in [3.05, 3.63) is 78.4 Å². The van der Waals surface area contributed by atoms with Crippen LogP contribution in [0.3, 0.4) is 0 Å². The van der Waals surface area contributed by atoms with Gasteiger partial charge in [0.25, 0.3) is 0 Å². The monoisotopic (exact) mass is 552 g/mol. The van der Waals surface area contributed by atoms with E-state index in [4.69, 9.17) is 0 Å². The molecule has 0 aliphatic heterocycles. The van der Waals surface area contributed by atoms with Gasteiger partial charge in [0.05, 0.1) is 10.8 Å². The normalized spacial score (nSPS) is 13.2. The van der Waals surface area contributed by atoms with Crippen molar-refractivity contribution in [2.45, 2.75) is 69.7 Å². The van der Waals surface area contributed by atoms with Crippen molar-refractivity contribution >= 4 is 32.7 Å². The Morgan fingerprint density at radius 1 is 0.821 bits per heavy atom. The summed E-state index contributed by atoms with van der Waals surface area (Å²) in [5.74, 6) is -3.00. The van der Waals surface area contributed by atoms with Gasteiger partial charge in [-0.2, -0.15) is 4.72 Å². The fourth-order valence-corrected chi connectivity index (χ4v) is 5.99. The topological polar surface area (TPSA) is 104 Å². The second-order valence-corrected chi connectivity index (χ2v) is 11.7. The highest BCUT2D eigenvalue weighted by Gasteiger charge is 2.39. The van der Waals surface area contributed by atoms with Crippen molar-refractivity contribution in [1.29, 1.82) is 0 Å². The van der Waals surface area contributed by atoms with Crippen molar-refractivity contribution in [2.24, 2.45) is 5.92 Å². The molecule has 0 saturated carbocycles. The van der Waals surface area contributed by atoms with E-state index < -0.39 is 33.9 Å². The molecular formula is C31H40N2O5S. The van der Waals surface area contributed by atoms with Crippen LogP contribution >= 0.6 is 0 Å². The van der Waals surface area contributed by atoms with E-state index in [1.54, 1.807) is 41.3 Å². The molecule has 0 aliphatic rings. The summed E-state index contributed by atoms with van der Waals surface area (Å²) >= 11 is 0. The summed E-state index contributed by atoms with van der Waals surface area (Å²) in [6.07, 6.45) is 5.37. The Balaban J connectivity index is 2.00. The molecule has 2 N–H and O–H groups in total. The fraction of sp³-hybridized carbons (Fsp3) is 0.419. The summed E-state index contributed by atoms with van der Waals surface area (Å²) in [6.45, 7) is 5.07. The van der Waals surface area contributed by atoms with E-state index in [1.807, 2.05) is 30.3 Å². The van der Waals surface area contributed by atoms with Gasteiger partial charge in [-0.25, -0.2) is 8.42 Å². The minimum absolute atomic E-state index is 0.00799. The summed E-state index contributed by atoms with van der Waals surface area (Å²) < 4.78 is 29.8. The number of carbonyl (C=O) groups excluding carboxylic acids is 1. The Morgan fingerprint density at radius 3 is 2.00 bits per heavy atom. The smallest absolute Gasteiger partial charge is 0.309 e. The third kappa shape index (κ3) is 8.63. The summed E-state index contributed by atoms with van der Waals surface area (Å²) in [6, 6.07) is 19.7. The van der Waals surface area contributed by atoms with Crippen molar-refractivity contribution < 1.29 is 23.1 Å². The number of unbranched alkanes of at least 4 members (excludes halogenated alkanes) is 4. The second kappa shape index (κ2) is 14.8. The molecule has 0 saturated heterocycles. The first-order chi connectivity index (χ1) is 18.8. The van der Waals surface area contributed by atoms with Crippen LogP contribution in [0.1, 0.15) is 57.9 Å². The van der Waals surface area contributed by atoms with Gasteiger partial charge in [0.2, 0.25) is 15.9 Å². The maximum atomic E-state index is 14.0. The molecule has 3 aromatic rings. The molecule has 0 aromatic heterocycles. The number of carboxylic acid groups (broad SMARTS) is 1. The number of amides is 1. The zero-order valence-corrected chi connectivity index (χ0v) is 23.7. The third-order valence-corrected chi connectivity index (χ3v) is 8.41. The van der Waals surface area contributed by atoms with E-state index in [-0.39, 0.29) is 11.3 Å². The summed E-state index contributed by atoms with van der Waals surface area (Å²) in [7, 11) is -4.21. The third-order valence-electron chi connectivity index (χ3n) is 6.97. The number of fused-ring (bicyclic) bond motifs is 1. The minimum Gasteiger partial charge on any atom is -0.481 e. The Kier molecular flexibility index (Phi) is 11.5. The predicted octanol–water partition coefficient (Wildman–Crippen LogP) is 5.64. The number of aliphatic carboxylic acids is 1. The standard InChI is InChI=1S/C31H40N2O5S/c1-3-5-12-20-33(21-13-6-4-2)30(34)29(28(31(35)36)22-24-14-8-7-9-15-24)32-39(37,38)27-19-18-25-16-10-11-17-26(25)23-27/h7-11,14-19,23,28-29,32H,3-6,12-13,20-22H2,1-2H3,(H,35,36)/t28?,29-/m0/s1. The van der Waals surface area contributed by atoms with Crippen molar-refractivity contribution in [1.82, 2.24) is 9.62 Å². The van der Waals surface area contributed by atoms with Crippen molar-refractivity contribution in [3.63, 3.8) is 0 Å². The average Bonchev–Trinajstić information content (AvgIpc) is 2.94. The molecule has 3 rings (SSSR count). The van der Waals surface area contributed by atoms with E-state index in [0.29, 0.717) is 13.1 Å². The van der Waals surface area contributed by atoms with E-state index in [0.717, 1.165) is 54.9 Å². The summed E-state index contributed by atoms with van der Waals surface area (Å²) in [4.78, 5) is 28.3. The van der Waals surface area contributed by atoms with Gasteiger partial charge >= 0.3 is 5.97 Å². The van der Waals surface area contributed by atoms with E-state index in [9.17, 15) is 23.1 Å². The molecule has 210 valence electrons. The lowest BCUT2D eigenvalue weighted by Crippen LogP contribution is -2.55. The van der Waals surface area contributed by atoms with E-state index >= 15 is 0 Å². The van der Waals surface area contributed by atoms with E-state index in [2.05, 4.69) is 18.6 Å². The van der Waals surface area contributed by atoms with Gasteiger partial charge in [0.1, 0.15) is 6.04 Å². The quantitative estimate of drug-likeness (QED) is 0.224. The zero-order chi connectivity index (χ0) is 28.3. The molecular weight excluding hydrogens is 512 g/mol. The van der Waals surface area contributed by atoms with Gasteiger partial charge in [-0.15, -0.1) is 0 Å². The van der Waals surface area contributed by atoms with Gasteiger partial charge in [-0.05, 0) is 47.7 Å². The highest BCUT2D eigenvalue weighted by atomic mass is 32.2. The molecule has 0 spiro atoms. The number of carbonyl (C=O) groups is 2. The molecule has 8 heteroatoms. The van der Waals surface area contributed by atoms with Crippen LogP contribution in [-0.4, -0.2) is 49.4 Å². The SMILES string of the molecule is CCCCCN(CCCCC)C(=O)[C@@H](NS(=O)(=O)c1ccc2ccccc2c1)C(Cc1ccccc1)C(=O)O. The van der Waals surface area contributed by atoms with Crippen LogP contribution < -0.4 is 4.72 Å². The lowest BCUT2D eigenvalue weighted by molar-refractivity contribution is -0.147. The molecule has 0 fully saturated rings. The highest BCUT2D eigenvalue weighted by Crippen LogP contribution is 2.22. The minimum atomic E-state index is -4.21. The molecule has 0 bridgehead atoms. The maximum absolute atomic E-state index is 14.0. The van der Waals surface area contributed by atoms with E-state index in [1.165, 1.54) is 6.07 Å². The number of carboxylic acids is 1. The van der Waals surface area contributed by atoms with Crippen LogP contribution in [0.25, 0.3) is 10.8 Å². The summed E-state index contributed by atoms with van der Waals surface area (Å²) in [5, 5.41) is 11.9. The van der Waals surface area contributed by atoms with Crippen LogP contribution in [0.5, 0.6) is 0 Å². The van der Waals surface area contributed by atoms with Crippen LogP contribution in [0.2, 0.25) is 0 Å². The predicted molar refractivity (Wildman–Crippen MR) is 155 cm³/mol. The summed E-state index contributed by atoms with van der Waals surface area (Å²) in [5.41, 5.74) is 0.719. The number of nitrogens with zero attached hydrogens (tertiary/aromatic N) is 1. The molecule has 39 heavy (non-hydrogen) atoms. The van der Waals surface area contributed by atoms with Crippen LogP contribution in [0, 0.1) is 5.92 Å². The van der Waals surface area contributed by atoms with Crippen LogP contribution in [-0.2, 0) is 26.0 Å². The van der Waals surface area contributed by atoms with Gasteiger partial charge < -0.3 is 10.0 Å². The lowest BCUT2D eigenvalue weighted by atomic mass is 9.91. The largest absolute Gasteiger partial charge is 0.481 e. The molecule has 1 unspecified atom stereocenters. The maximum Gasteiger partial charge on any atom is 0.309 e. The molecule has 0 heterocycles. The van der Waals surface area contributed by atoms with Gasteiger partial charge in [-0.3, -0.25) is 9.59 Å². The zero-order valence-electron chi connectivity index (χ0n) is 22.9. The number of hydrogen-bond acceptors (Lipinski definition) is 4. The second-order valence-electron chi connectivity index (χ2n) is 9.98. The Bertz CT molecular complexity index is 1320. The first-order valence-corrected chi connectivity index (χ1v) is 15.3. The number of benzene rings is 3. The molecule has 0 aliphatic carbocycles. The van der Waals surface area contributed by atoms with Crippen molar-refractivity contribution in [3.8, 4) is 0 Å². The number of sulfonamides is 1. The fourth-order valence-electron chi connectivity index (χ4n) is 4.72. The molecule has 1 amide bonds. The number of hydrogen-bond donors (Lipinski definition) is 2. The average molecular weight is 553 g/mol. The van der Waals surface area contributed by atoms with Crippen LogP contribution in [0.15, 0.2) is 77.7 Å². The number of nitrogens with one attached hydrogen (secondary N) is 1. The van der Waals surface area contributed by atoms with Gasteiger partial charge in [-0.1, -0.05) is 100 Å². The Hall–Kier alpha value is -3.23. The molecule has 2 atom stereocenters. The number of rotatable bonds is 16. The lowest BCUT2D eigenvalue weighted by Gasteiger charge is -2.31. The first kappa shape index (κ1) is 30.3. The first-order valence-electron chi connectivity index (χ1n) is 13.8. The molecule has 7 nitrogen and oxygen atoms in total. The molecule has 3 aromatic carbocycles. The van der Waals surface area contributed by atoms with Crippen LogP contribution in [0.4, 0.5) is 0 Å². The Morgan fingerprint density at radius 2 is 1.41 bits per heavy atom. The van der Waals surface area contributed by atoms with Gasteiger partial charge in [0.15, 0.2) is 0 Å². The van der Waals surface area contributed by atoms with Crippen molar-refractivity contribution in [2.75, 3.05) is 13.1 Å². The highest BCUT2D eigenvalue weighted by molar-refractivity contribution is 7.89. The van der Waals surface area contributed by atoms with Gasteiger partial charge in [0, 0.05) is 13.1 Å². The Labute approximate surface area is 232 Å². The molecule has 0 radical (unpaired) electrons.